The predicted molar refractivity (Wildman–Crippen MR) is 74.5 cm³/mol. The zero-order chi connectivity index (χ0) is 14.0. The molecule has 0 aromatic carbocycles. The summed E-state index contributed by atoms with van der Waals surface area (Å²) in [5.74, 6) is 0.455. The number of aromatic nitrogens is 1. The fourth-order valence-corrected chi connectivity index (χ4v) is 2.91. The van der Waals surface area contributed by atoms with Gasteiger partial charge in [0.15, 0.2) is 0 Å². The first-order valence-electron chi connectivity index (χ1n) is 6.54. The van der Waals surface area contributed by atoms with Crippen LogP contribution in [0.5, 0.6) is 0 Å². The first kappa shape index (κ1) is 14.0. The average Bonchev–Trinajstić information content (AvgIpc) is 3.08. The van der Waals surface area contributed by atoms with Crippen LogP contribution in [0.2, 0.25) is 0 Å². The maximum atomic E-state index is 12.1. The molecule has 1 aliphatic carbocycles. The summed E-state index contributed by atoms with van der Waals surface area (Å²) in [6.45, 7) is 5.59. The molecule has 4 nitrogen and oxygen atoms in total. The standard InChI is InChI=1S/C14H19N3OS/c1-9-7-16-13(19-9)12(10-4-5-10)17-11(18)6-14(2,3)8-15/h7,10,12H,4-6H2,1-3H3,(H,17,18). The van der Waals surface area contributed by atoms with E-state index in [0.717, 1.165) is 22.7 Å². The molecule has 1 N–H and O–H groups in total. The normalized spacial score (nSPS) is 16.7. The van der Waals surface area contributed by atoms with Crippen molar-refractivity contribution in [1.82, 2.24) is 10.3 Å². The average molecular weight is 277 g/mol. The summed E-state index contributed by atoms with van der Waals surface area (Å²) in [4.78, 5) is 17.6. The van der Waals surface area contributed by atoms with Crippen molar-refractivity contribution in [2.24, 2.45) is 11.3 Å². The molecule has 0 spiro atoms. The van der Waals surface area contributed by atoms with E-state index in [1.165, 1.54) is 0 Å². The monoisotopic (exact) mass is 277 g/mol. The van der Waals surface area contributed by atoms with Crippen LogP contribution < -0.4 is 5.32 Å². The number of aryl methyl sites for hydroxylation is 1. The van der Waals surface area contributed by atoms with Gasteiger partial charge in [-0.25, -0.2) is 4.98 Å². The van der Waals surface area contributed by atoms with E-state index < -0.39 is 5.41 Å². The Morgan fingerprint density at radius 2 is 2.37 bits per heavy atom. The minimum absolute atomic E-state index is 0.0284. The smallest absolute Gasteiger partial charge is 0.222 e. The van der Waals surface area contributed by atoms with E-state index in [1.807, 2.05) is 13.1 Å². The maximum Gasteiger partial charge on any atom is 0.222 e. The van der Waals surface area contributed by atoms with Crippen LogP contribution in [-0.2, 0) is 4.79 Å². The number of nitrogens with one attached hydrogen (secondary N) is 1. The van der Waals surface area contributed by atoms with Crippen LogP contribution in [0.1, 0.15) is 49.0 Å². The van der Waals surface area contributed by atoms with Crippen LogP contribution in [0, 0.1) is 29.6 Å². The first-order valence-corrected chi connectivity index (χ1v) is 7.36. The second kappa shape index (κ2) is 5.30. The minimum atomic E-state index is -0.614. The van der Waals surface area contributed by atoms with Crippen molar-refractivity contribution in [3.05, 3.63) is 16.1 Å². The van der Waals surface area contributed by atoms with Gasteiger partial charge in [-0.15, -0.1) is 11.3 Å². The number of amides is 1. The Labute approximate surface area is 117 Å². The fourth-order valence-electron chi connectivity index (χ4n) is 1.99. The topological polar surface area (TPSA) is 65.8 Å². The number of nitrogens with zero attached hydrogens (tertiary/aromatic N) is 2. The third-order valence-corrected chi connectivity index (χ3v) is 4.22. The Morgan fingerprint density at radius 3 is 2.84 bits per heavy atom. The van der Waals surface area contributed by atoms with E-state index in [4.69, 9.17) is 5.26 Å². The van der Waals surface area contributed by atoms with Crippen molar-refractivity contribution in [3.63, 3.8) is 0 Å². The highest BCUT2D eigenvalue weighted by molar-refractivity contribution is 7.11. The van der Waals surface area contributed by atoms with Crippen molar-refractivity contribution in [2.45, 2.75) is 46.1 Å². The molecule has 1 saturated carbocycles. The summed E-state index contributed by atoms with van der Waals surface area (Å²) in [6.07, 6.45) is 4.37. The number of carbonyl (C=O) groups is 1. The number of nitriles is 1. The molecule has 5 heteroatoms. The maximum absolute atomic E-state index is 12.1. The predicted octanol–water partition coefficient (Wildman–Crippen LogP) is 2.96. The van der Waals surface area contributed by atoms with Crippen molar-refractivity contribution in [1.29, 1.82) is 5.26 Å². The van der Waals surface area contributed by atoms with Crippen molar-refractivity contribution >= 4 is 17.2 Å². The number of rotatable bonds is 5. The van der Waals surface area contributed by atoms with Crippen LogP contribution in [-0.4, -0.2) is 10.9 Å². The number of carbonyl (C=O) groups excluding carboxylic acids is 1. The zero-order valence-electron chi connectivity index (χ0n) is 11.6. The zero-order valence-corrected chi connectivity index (χ0v) is 12.4. The first-order chi connectivity index (χ1) is 8.91. The van der Waals surface area contributed by atoms with Gasteiger partial charge in [0.25, 0.3) is 0 Å². The summed E-state index contributed by atoms with van der Waals surface area (Å²) in [5, 5.41) is 13.0. The molecule has 2 rings (SSSR count). The fraction of sp³-hybridized carbons (Fsp3) is 0.643. The van der Waals surface area contributed by atoms with Gasteiger partial charge in [-0.2, -0.15) is 5.26 Å². The number of hydrogen-bond acceptors (Lipinski definition) is 4. The highest BCUT2D eigenvalue weighted by Crippen LogP contribution is 2.42. The van der Waals surface area contributed by atoms with Crippen molar-refractivity contribution < 1.29 is 4.79 Å². The molecular formula is C14H19N3OS. The molecule has 19 heavy (non-hydrogen) atoms. The van der Waals surface area contributed by atoms with Gasteiger partial charge in [0.05, 0.1) is 17.5 Å². The Hall–Kier alpha value is -1.41. The Kier molecular flexibility index (Phi) is 3.91. The second-order valence-electron chi connectivity index (χ2n) is 5.86. The van der Waals surface area contributed by atoms with E-state index in [-0.39, 0.29) is 18.4 Å². The van der Waals surface area contributed by atoms with Gasteiger partial charge >= 0.3 is 0 Å². The van der Waals surface area contributed by atoms with E-state index in [2.05, 4.69) is 16.4 Å². The lowest BCUT2D eigenvalue weighted by Gasteiger charge is -2.19. The van der Waals surface area contributed by atoms with Gasteiger partial charge in [-0.3, -0.25) is 4.79 Å². The minimum Gasteiger partial charge on any atom is -0.347 e. The van der Waals surface area contributed by atoms with Crippen molar-refractivity contribution in [3.8, 4) is 6.07 Å². The molecule has 0 bridgehead atoms. The number of thiazole rings is 1. The quantitative estimate of drug-likeness (QED) is 0.899. The Balaban J connectivity index is 2.02. The summed E-state index contributed by atoms with van der Waals surface area (Å²) in [7, 11) is 0. The molecule has 1 amide bonds. The largest absolute Gasteiger partial charge is 0.347 e. The molecule has 1 heterocycles. The van der Waals surface area contributed by atoms with Crippen molar-refractivity contribution in [2.75, 3.05) is 0 Å². The van der Waals surface area contributed by atoms with Crippen LogP contribution in [0.15, 0.2) is 6.20 Å². The van der Waals surface area contributed by atoms with E-state index in [0.29, 0.717) is 5.92 Å². The summed E-state index contributed by atoms with van der Waals surface area (Å²) in [6, 6.07) is 2.19. The van der Waals surface area contributed by atoms with Gasteiger partial charge in [-0.05, 0) is 39.5 Å². The summed E-state index contributed by atoms with van der Waals surface area (Å²) in [5.41, 5.74) is -0.614. The van der Waals surface area contributed by atoms with E-state index in [9.17, 15) is 4.79 Å². The molecule has 0 aliphatic heterocycles. The van der Waals surface area contributed by atoms with Gasteiger partial charge < -0.3 is 5.32 Å². The molecule has 0 saturated heterocycles. The molecule has 1 aromatic rings. The van der Waals surface area contributed by atoms with Crippen LogP contribution in [0.4, 0.5) is 0 Å². The molecule has 1 atom stereocenters. The molecular weight excluding hydrogens is 258 g/mol. The van der Waals surface area contributed by atoms with Crippen LogP contribution in [0.3, 0.4) is 0 Å². The second-order valence-corrected chi connectivity index (χ2v) is 7.13. The molecule has 0 radical (unpaired) electrons. The third-order valence-electron chi connectivity index (χ3n) is 3.22. The molecule has 1 unspecified atom stereocenters. The highest BCUT2D eigenvalue weighted by atomic mass is 32.1. The SMILES string of the molecule is Cc1cnc(C(NC(=O)CC(C)(C)C#N)C2CC2)s1. The van der Waals surface area contributed by atoms with E-state index in [1.54, 1.807) is 25.2 Å². The molecule has 102 valence electrons. The lowest BCUT2D eigenvalue weighted by atomic mass is 9.91. The summed E-state index contributed by atoms with van der Waals surface area (Å²) < 4.78 is 0. The third kappa shape index (κ3) is 3.77. The summed E-state index contributed by atoms with van der Waals surface area (Å²) >= 11 is 1.64. The van der Waals surface area contributed by atoms with Crippen LogP contribution in [0.25, 0.3) is 0 Å². The van der Waals surface area contributed by atoms with E-state index >= 15 is 0 Å². The molecule has 1 aromatic heterocycles. The molecule has 1 fully saturated rings. The van der Waals surface area contributed by atoms with Crippen LogP contribution >= 0.6 is 11.3 Å². The lowest BCUT2D eigenvalue weighted by Crippen LogP contribution is -2.32. The van der Waals surface area contributed by atoms with Gasteiger partial charge in [0.2, 0.25) is 5.91 Å². The van der Waals surface area contributed by atoms with Gasteiger partial charge in [-0.1, -0.05) is 0 Å². The Morgan fingerprint density at radius 1 is 1.68 bits per heavy atom. The Bertz CT molecular complexity index is 511. The molecule has 1 aliphatic rings. The lowest BCUT2D eigenvalue weighted by molar-refractivity contribution is -0.123. The highest BCUT2D eigenvalue weighted by Gasteiger charge is 2.36. The number of hydrogen-bond donors (Lipinski definition) is 1. The van der Waals surface area contributed by atoms with Gasteiger partial charge in [0.1, 0.15) is 5.01 Å². The van der Waals surface area contributed by atoms with Gasteiger partial charge in [0, 0.05) is 17.5 Å².